The predicted molar refractivity (Wildman–Crippen MR) is 155 cm³/mol. The Bertz CT molecular complexity index is 1480. The van der Waals surface area contributed by atoms with E-state index in [4.69, 9.17) is 0 Å². The molecule has 1 atom stereocenters. The summed E-state index contributed by atoms with van der Waals surface area (Å²) in [5.41, 5.74) is 6.22. The van der Waals surface area contributed by atoms with E-state index in [2.05, 4.69) is 160 Å². The van der Waals surface area contributed by atoms with Crippen molar-refractivity contribution in [3.05, 3.63) is 178 Å². The first-order valence-corrected chi connectivity index (χ1v) is 13.3. The predicted octanol–water partition coefficient (Wildman–Crippen LogP) is 8.11. The van der Waals surface area contributed by atoms with Gasteiger partial charge in [-0.1, -0.05) is 125 Å². The van der Waals surface area contributed by atoms with Gasteiger partial charge in [0.15, 0.2) is 0 Å². The number of pyridine rings is 1. The van der Waals surface area contributed by atoms with E-state index in [1.165, 1.54) is 33.4 Å². The van der Waals surface area contributed by atoms with E-state index in [9.17, 15) is 0 Å². The molecule has 0 saturated carbocycles. The van der Waals surface area contributed by atoms with E-state index in [1.807, 2.05) is 12.4 Å². The van der Waals surface area contributed by atoms with E-state index in [0.29, 0.717) is 0 Å². The van der Waals surface area contributed by atoms with Crippen LogP contribution in [0.3, 0.4) is 0 Å². The Morgan fingerprint density at radius 3 is 1.70 bits per heavy atom. The van der Waals surface area contributed by atoms with Crippen LogP contribution in [0.1, 0.15) is 34.2 Å². The number of hydrogen-bond acceptors (Lipinski definition) is 2. The maximum absolute atomic E-state index is 4.31. The molecule has 5 aromatic rings. The summed E-state index contributed by atoms with van der Waals surface area (Å²) in [5, 5.41) is 4.26. The van der Waals surface area contributed by atoms with Crippen LogP contribution in [0, 0.1) is 0 Å². The molecule has 37 heavy (non-hydrogen) atoms. The average Bonchev–Trinajstić information content (AvgIpc) is 2.98. The third-order valence-corrected chi connectivity index (χ3v) is 7.84. The van der Waals surface area contributed by atoms with Crippen molar-refractivity contribution in [3.8, 4) is 0 Å². The molecule has 0 fully saturated rings. The fraction of sp³-hybridized carbons (Fsp3) is 0.0882. The molecule has 0 aliphatic carbocycles. The molecule has 1 N–H and O–H groups in total. The number of halogens is 1. The maximum Gasteiger partial charge on any atom is 0.0893 e. The Morgan fingerprint density at radius 1 is 0.595 bits per heavy atom. The summed E-state index contributed by atoms with van der Waals surface area (Å²) in [6, 6.07) is 45.3. The molecule has 1 aliphatic heterocycles. The van der Waals surface area contributed by atoms with E-state index in [-0.39, 0.29) is 0 Å². The standard InChI is InChI=1S/C34H27BrN2/c35-32-18-10-17-31(23-32)34(30-15-8-3-9-16-30)25-27(26-19-21-36-22-20-26)24-33(37-34,28-11-4-1-5-12-28)29-13-6-2-7-14-29/h1-24,37H,25H2. The highest BCUT2D eigenvalue weighted by Crippen LogP contribution is 2.49. The molecular formula is C34H27BrN2. The lowest BCUT2D eigenvalue weighted by atomic mass is 9.67. The zero-order chi connectivity index (χ0) is 25.1. The van der Waals surface area contributed by atoms with Crippen LogP contribution in [0.25, 0.3) is 5.57 Å². The Kier molecular flexibility index (Phi) is 6.33. The van der Waals surface area contributed by atoms with Gasteiger partial charge in [-0.25, -0.2) is 0 Å². The molecule has 1 unspecified atom stereocenters. The van der Waals surface area contributed by atoms with E-state index >= 15 is 0 Å². The smallest absolute Gasteiger partial charge is 0.0893 e. The molecule has 1 aromatic heterocycles. The second-order valence-electron chi connectivity index (χ2n) is 9.53. The van der Waals surface area contributed by atoms with Crippen LogP contribution in [0.4, 0.5) is 0 Å². The van der Waals surface area contributed by atoms with Gasteiger partial charge in [0.05, 0.1) is 11.1 Å². The van der Waals surface area contributed by atoms with Gasteiger partial charge in [0.25, 0.3) is 0 Å². The molecule has 0 bridgehead atoms. The summed E-state index contributed by atoms with van der Waals surface area (Å²) in [6.07, 6.45) is 6.98. The summed E-state index contributed by atoms with van der Waals surface area (Å²) < 4.78 is 1.06. The minimum absolute atomic E-state index is 0.496. The average molecular weight is 544 g/mol. The topological polar surface area (TPSA) is 24.9 Å². The van der Waals surface area contributed by atoms with E-state index in [0.717, 1.165) is 10.9 Å². The number of nitrogens with one attached hydrogen (secondary N) is 1. The maximum atomic E-state index is 4.31. The van der Waals surface area contributed by atoms with E-state index in [1.54, 1.807) is 0 Å². The largest absolute Gasteiger partial charge is 0.287 e. The molecule has 2 nitrogen and oxygen atoms in total. The lowest BCUT2D eigenvalue weighted by Crippen LogP contribution is -2.57. The van der Waals surface area contributed by atoms with Gasteiger partial charge < -0.3 is 0 Å². The fourth-order valence-electron chi connectivity index (χ4n) is 5.64. The van der Waals surface area contributed by atoms with Crippen molar-refractivity contribution in [2.45, 2.75) is 17.5 Å². The molecule has 6 rings (SSSR count). The number of nitrogens with zero attached hydrogens (tertiary/aromatic N) is 1. The molecule has 4 aromatic carbocycles. The zero-order valence-corrected chi connectivity index (χ0v) is 22.0. The van der Waals surface area contributed by atoms with Gasteiger partial charge in [0, 0.05) is 16.9 Å². The van der Waals surface area contributed by atoms with Gasteiger partial charge in [-0.3, -0.25) is 10.3 Å². The van der Waals surface area contributed by atoms with Crippen LogP contribution >= 0.6 is 15.9 Å². The normalized spacial score (nSPS) is 18.7. The second kappa shape index (κ2) is 9.93. The number of aromatic nitrogens is 1. The Hall–Kier alpha value is -3.79. The monoisotopic (exact) mass is 542 g/mol. The second-order valence-corrected chi connectivity index (χ2v) is 10.4. The molecular weight excluding hydrogens is 516 g/mol. The van der Waals surface area contributed by atoms with Crippen molar-refractivity contribution in [2.75, 3.05) is 0 Å². The lowest BCUT2D eigenvalue weighted by molar-refractivity contribution is 0.306. The van der Waals surface area contributed by atoms with Gasteiger partial charge >= 0.3 is 0 Å². The molecule has 0 amide bonds. The highest BCUT2D eigenvalue weighted by Gasteiger charge is 2.48. The number of benzene rings is 4. The summed E-state index contributed by atoms with van der Waals surface area (Å²) in [7, 11) is 0. The lowest BCUT2D eigenvalue weighted by Gasteiger charge is -2.50. The van der Waals surface area contributed by atoms with Crippen molar-refractivity contribution in [2.24, 2.45) is 0 Å². The van der Waals surface area contributed by atoms with Crippen molar-refractivity contribution in [1.29, 1.82) is 0 Å². The first-order chi connectivity index (χ1) is 18.2. The highest BCUT2D eigenvalue weighted by molar-refractivity contribution is 9.10. The molecule has 2 heterocycles. The van der Waals surface area contributed by atoms with Gasteiger partial charge in [0.2, 0.25) is 0 Å². The minimum atomic E-state index is -0.572. The van der Waals surface area contributed by atoms with Gasteiger partial charge in [0.1, 0.15) is 0 Å². The highest BCUT2D eigenvalue weighted by atomic mass is 79.9. The Morgan fingerprint density at radius 2 is 1.14 bits per heavy atom. The Labute approximate surface area is 226 Å². The number of hydrogen-bond donors (Lipinski definition) is 1. The third-order valence-electron chi connectivity index (χ3n) is 7.35. The summed E-state index contributed by atoms with van der Waals surface area (Å²) >= 11 is 3.75. The molecule has 0 spiro atoms. The SMILES string of the molecule is Brc1cccc(C2(c3ccccc3)CC(c3ccncc3)=CC(c3ccccc3)(c3ccccc3)N2)c1. The van der Waals surface area contributed by atoms with Gasteiger partial charge in [-0.15, -0.1) is 0 Å². The van der Waals surface area contributed by atoms with Crippen molar-refractivity contribution in [3.63, 3.8) is 0 Å². The molecule has 3 heteroatoms. The van der Waals surface area contributed by atoms with Gasteiger partial charge in [-0.2, -0.15) is 0 Å². The van der Waals surface area contributed by atoms with E-state index < -0.39 is 11.1 Å². The summed E-state index contributed by atoms with van der Waals surface area (Å²) in [5.74, 6) is 0. The van der Waals surface area contributed by atoms with Crippen molar-refractivity contribution >= 4 is 21.5 Å². The summed E-state index contributed by atoms with van der Waals surface area (Å²) in [6.45, 7) is 0. The first kappa shape index (κ1) is 23.6. The molecule has 1 aliphatic rings. The number of rotatable bonds is 5. The zero-order valence-electron chi connectivity index (χ0n) is 20.4. The third kappa shape index (κ3) is 4.35. The van der Waals surface area contributed by atoms with Gasteiger partial charge in [-0.05, 0) is 64.1 Å². The quantitative estimate of drug-likeness (QED) is 0.242. The van der Waals surface area contributed by atoms with Crippen molar-refractivity contribution < 1.29 is 0 Å². The summed E-state index contributed by atoms with van der Waals surface area (Å²) in [4.78, 5) is 4.31. The minimum Gasteiger partial charge on any atom is -0.287 e. The molecule has 0 radical (unpaired) electrons. The first-order valence-electron chi connectivity index (χ1n) is 12.5. The van der Waals surface area contributed by atoms with Crippen LogP contribution < -0.4 is 5.32 Å². The fourth-order valence-corrected chi connectivity index (χ4v) is 6.04. The van der Waals surface area contributed by atoms with Crippen LogP contribution in [-0.2, 0) is 11.1 Å². The van der Waals surface area contributed by atoms with Crippen LogP contribution in [0.2, 0.25) is 0 Å². The molecule has 0 saturated heterocycles. The van der Waals surface area contributed by atoms with Crippen molar-refractivity contribution in [1.82, 2.24) is 10.3 Å². The van der Waals surface area contributed by atoms with Crippen LogP contribution in [-0.4, -0.2) is 4.98 Å². The Balaban J connectivity index is 1.71. The molecule has 180 valence electrons. The van der Waals surface area contributed by atoms with Crippen LogP contribution in [0.5, 0.6) is 0 Å². The van der Waals surface area contributed by atoms with Crippen LogP contribution in [0.15, 0.2) is 150 Å².